The molecule has 0 atom stereocenters. The van der Waals surface area contributed by atoms with Crippen LogP contribution >= 0.6 is 15.9 Å². The maximum Gasteiger partial charge on any atom is 0.490 e. The number of carboxylic acids is 1. The molecule has 1 aliphatic heterocycles. The predicted octanol–water partition coefficient (Wildman–Crippen LogP) is 2.40. The minimum absolute atomic E-state index is 0.800. The third-order valence-corrected chi connectivity index (χ3v) is 3.55. The molecule has 7 nitrogen and oxygen atoms in total. The average Bonchev–Trinajstić information content (AvgIpc) is 3.03. The molecular formula is C13H11BrF3N5O2. The Kier molecular flexibility index (Phi) is 5.54. The average molecular weight is 406 g/mol. The fourth-order valence-corrected chi connectivity index (χ4v) is 2.25. The van der Waals surface area contributed by atoms with E-state index in [0.29, 0.717) is 0 Å². The van der Waals surface area contributed by atoms with Gasteiger partial charge < -0.3 is 15.7 Å². The van der Waals surface area contributed by atoms with Gasteiger partial charge in [-0.15, -0.1) is 0 Å². The van der Waals surface area contributed by atoms with E-state index in [4.69, 9.17) is 9.90 Å². The summed E-state index contributed by atoms with van der Waals surface area (Å²) < 4.78 is 32.6. The van der Waals surface area contributed by atoms with Gasteiger partial charge in [-0.1, -0.05) is 0 Å². The van der Waals surface area contributed by atoms with E-state index in [1.807, 2.05) is 12.1 Å². The number of fused-ring (bicyclic) bond motifs is 1. The number of carbonyl (C=O) groups is 1. The molecule has 0 fully saturated rings. The van der Waals surface area contributed by atoms with Gasteiger partial charge in [-0.2, -0.15) is 13.2 Å². The Bertz CT molecular complexity index is 782. The summed E-state index contributed by atoms with van der Waals surface area (Å²) in [5.41, 5.74) is 2.65. The van der Waals surface area contributed by atoms with Gasteiger partial charge in [0.05, 0.1) is 22.2 Å². The summed E-state index contributed by atoms with van der Waals surface area (Å²) in [6.45, 7) is 1.70. The molecule has 0 saturated carbocycles. The van der Waals surface area contributed by atoms with Crippen molar-refractivity contribution in [3.63, 3.8) is 0 Å². The van der Waals surface area contributed by atoms with Crippen LogP contribution in [0.25, 0.3) is 11.0 Å². The number of aromatic nitrogens is 2. The molecule has 0 amide bonds. The SMILES string of the molecule is Brc1c(NC2=NCCN2)ccc2nccnc12.O=C(O)C(F)(F)F. The molecule has 0 bridgehead atoms. The third-order valence-electron chi connectivity index (χ3n) is 2.75. The number of nitrogens with one attached hydrogen (secondary N) is 2. The lowest BCUT2D eigenvalue weighted by Gasteiger charge is -2.09. The number of halogens is 4. The molecular weight excluding hydrogens is 395 g/mol. The first-order valence-corrected chi connectivity index (χ1v) is 7.33. The minimum atomic E-state index is -5.08. The number of alkyl halides is 3. The Labute approximate surface area is 142 Å². The summed E-state index contributed by atoms with van der Waals surface area (Å²) in [4.78, 5) is 21.7. The Morgan fingerprint density at radius 1 is 1.29 bits per heavy atom. The van der Waals surface area contributed by atoms with Gasteiger partial charge in [-0.3, -0.25) is 15.0 Å². The van der Waals surface area contributed by atoms with Crippen LogP contribution in [0.2, 0.25) is 0 Å². The van der Waals surface area contributed by atoms with Gasteiger partial charge in [0.25, 0.3) is 0 Å². The number of hydrogen-bond donors (Lipinski definition) is 3. The van der Waals surface area contributed by atoms with Crippen LogP contribution in [0.4, 0.5) is 18.9 Å². The maximum absolute atomic E-state index is 10.6. The molecule has 0 unspecified atom stereocenters. The normalized spacial score (nSPS) is 13.6. The van der Waals surface area contributed by atoms with E-state index in [-0.39, 0.29) is 0 Å². The first kappa shape index (κ1) is 17.9. The van der Waals surface area contributed by atoms with Crippen LogP contribution in [0.1, 0.15) is 0 Å². The minimum Gasteiger partial charge on any atom is -0.475 e. The number of rotatable bonds is 1. The fourth-order valence-electron chi connectivity index (χ4n) is 1.71. The molecule has 128 valence electrons. The highest BCUT2D eigenvalue weighted by Gasteiger charge is 2.38. The molecule has 3 rings (SSSR count). The van der Waals surface area contributed by atoms with Crippen molar-refractivity contribution in [2.24, 2.45) is 4.99 Å². The van der Waals surface area contributed by atoms with Crippen LogP contribution in [0, 0.1) is 0 Å². The molecule has 3 N–H and O–H groups in total. The zero-order chi connectivity index (χ0) is 17.7. The molecule has 0 radical (unpaired) electrons. The van der Waals surface area contributed by atoms with Crippen LogP contribution in [-0.4, -0.2) is 46.3 Å². The summed E-state index contributed by atoms with van der Waals surface area (Å²) in [6.07, 6.45) is -1.72. The van der Waals surface area contributed by atoms with Gasteiger partial charge >= 0.3 is 12.1 Å². The Hall–Kier alpha value is -2.43. The van der Waals surface area contributed by atoms with E-state index in [9.17, 15) is 13.2 Å². The van der Waals surface area contributed by atoms with Crippen molar-refractivity contribution in [1.82, 2.24) is 15.3 Å². The zero-order valence-electron chi connectivity index (χ0n) is 11.9. The summed E-state index contributed by atoms with van der Waals surface area (Å²) in [7, 11) is 0. The first-order chi connectivity index (χ1) is 11.3. The predicted molar refractivity (Wildman–Crippen MR) is 84.9 cm³/mol. The second kappa shape index (κ2) is 7.43. The molecule has 2 heterocycles. The lowest BCUT2D eigenvalue weighted by Crippen LogP contribution is -2.26. The first-order valence-electron chi connectivity index (χ1n) is 6.53. The number of aliphatic carboxylic acids is 1. The van der Waals surface area contributed by atoms with Crippen LogP contribution < -0.4 is 10.6 Å². The summed E-state index contributed by atoms with van der Waals surface area (Å²) in [6, 6.07) is 3.90. The van der Waals surface area contributed by atoms with Crippen molar-refractivity contribution in [2.45, 2.75) is 6.18 Å². The van der Waals surface area contributed by atoms with Crippen molar-refractivity contribution in [3.05, 3.63) is 29.0 Å². The molecule has 1 aromatic carbocycles. The lowest BCUT2D eigenvalue weighted by molar-refractivity contribution is -0.192. The lowest BCUT2D eigenvalue weighted by atomic mass is 10.2. The van der Waals surface area contributed by atoms with Crippen LogP contribution in [-0.2, 0) is 4.79 Å². The van der Waals surface area contributed by atoms with Crippen molar-refractivity contribution in [2.75, 3.05) is 18.4 Å². The van der Waals surface area contributed by atoms with E-state index >= 15 is 0 Å². The smallest absolute Gasteiger partial charge is 0.475 e. The van der Waals surface area contributed by atoms with Crippen LogP contribution in [0.5, 0.6) is 0 Å². The van der Waals surface area contributed by atoms with Crippen molar-refractivity contribution in [3.8, 4) is 0 Å². The summed E-state index contributed by atoms with van der Waals surface area (Å²) in [5.74, 6) is -1.96. The Morgan fingerprint density at radius 2 is 1.96 bits per heavy atom. The highest BCUT2D eigenvalue weighted by Crippen LogP contribution is 2.28. The second-order valence-corrected chi connectivity index (χ2v) is 5.23. The van der Waals surface area contributed by atoms with E-state index in [1.54, 1.807) is 12.4 Å². The third kappa shape index (κ3) is 4.54. The van der Waals surface area contributed by atoms with Crippen molar-refractivity contribution < 1.29 is 23.1 Å². The molecule has 0 saturated heterocycles. The summed E-state index contributed by atoms with van der Waals surface area (Å²) >= 11 is 3.54. The maximum atomic E-state index is 10.6. The Morgan fingerprint density at radius 3 is 2.54 bits per heavy atom. The topological polar surface area (TPSA) is 99.5 Å². The highest BCUT2D eigenvalue weighted by atomic mass is 79.9. The molecule has 0 spiro atoms. The number of benzene rings is 1. The van der Waals surface area contributed by atoms with Gasteiger partial charge in [0, 0.05) is 18.9 Å². The largest absolute Gasteiger partial charge is 0.490 e. The van der Waals surface area contributed by atoms with E-state index in [0.717, 1.165) is 40.2 Å². The quantitative estimate of drug-likeness (QED) is 0.673. The zero-order valence-corrected chi connectivity index (χ0v) is 13.5. The van der Waals surface area contributed by atoms with E-state index < -0.39 is 12.1 Å². The van der Waals surface area contributed by atoms with Gasteiger partial charge in [0.15, 0.2) is 5.96 Å². The molecule has 0 aliphatic carbocycles. The molecule has 1 aliphatic rings. The molecule has 2 aromatic rings. The molecule has 24 heavy (non-hydrogen) atoms. The second-order valence-electron chi connectivity index (χ2n) is 4.44. The van der Waals surface area contributed by atoms with Crippen molar-refractivity contribution in [1.29, 1.82) is 0 Å². The number of anilines is 1. The fraction of sp³-hybridized carbons (Fsp3) is 0.231. The number of aliphatic imine (C=N–C) groups is 1. The number of carboxylic acid groups (broad SMARTS) is 1. The highest BCUT2D eigenvalue weighted by molar-refractivity contribution is 9.10. The van der Waals surface area contributed by atoms with Crippen LogP contribution in [0.15, 0.2) is 34.0 Å². The van der Waals surface area contributed by atoms with Crippen LogP contribution in [0.3, 0.4) is 0 Å². The molecule has 1 aromatic heterocycles. The Balaban J connectivity index is 0.000000256. The number of nitrogens with zero attached hydrogens (tertiary/aromatic N) is 3. The standard InChI is InChI=1S/C11H10BrN5.C2HF3O2/c12-9-7(17-11-15-5-6-16-11)1-2-8-10(9)14-4-3-13-8;3-2(4,5)1(6)7/h1-4H,5-6H2,(H2,15,16,17);(H,6,7). The van der Waals surface area contributed by atoms with Gasteiger partial charge in [-0.25, -0.2) is 4.79 Å². The van der Waals surface area contributed by atoms with Crippen molar-refractivity contribution >= 4 is 44.6 Å². The van der Waals surface area contributed by atoms with E-state index in [1.165, 1.54) is 0 Å². The molecule has 11 heteroatoms. The monoisotopic (exact) mass is 405 g/mol. The number of hydrogen-bond acceptors (Lipinski definition) is 6. The van der Waals surface area contributed by atoms with Gasteiger partial charge in [0.2, 0.25) is 0 Å². The van der Waals surface area contributed by atoms with Gasteiger partial charge in [0.1, 0.15) is 5.52 Å². The van der Waals surface area contributed by atoms with E-state index in [2.05, 4.69) is 41.5 Å². The van der Waals surface area contributed by atoms with Gasteiger partial charge in [-0.05, 0) is 28.1 Å². The number of guanidine groups is 1. The summed E-state index contributed by atoms with van der Waals surface area (Å²) in [5, 5.41) is 13.5.